The zero-order chi connectivity index (χ0) is 15.2. The number of sulfonamides is 1. The minimum Gasteiger partial charge on any atom is -0.384 e. The molecule has 0 aromatic heterocycles. The van der Waals surface area contributed by atoms with Gasteiger partial charge in [0.15, 0.2) is 0 Å². The van der Waals surface area contributed by atoms with Crippen LogP contribution in [-0.4, -0.2) is 37.5 Å². The standard InChI is InChI=1S/C15H21NO3S/c1-4-8-13(2)16(3)20(18,19)15-11-6-5-9-14(15)10-7-12-17/h5-6,9,11,13,17H,4,8,12H2,1-3H3. The van der Waals surface area contributed by atoms with Gasteiger partial charge in [0.1, 0.15) is 6.61 Å². The number of hydrogen-bond acceptors (Lipinski definition) is 3. The molecule has 0 amide bonds. The van der Waals surface area contributed by atoms with Crippen molar-refractivity contribution in [3.63, 3.8) is 0 Å². The van der Waals surface area contributed by atoms with Crippen LogP contribution in [0.1, 0.15) is 32.3 Å². The number of aliphatic hydroxyl groups is 1. The topological polar surface area (TPSA) is 57.6 Å². The van der Waals surface area contributed by atoms with Gasteiger partial charge in [0, 0.05) is 18.7 Å². The zero-order valence-electron chi connectivity index (χ0n) is 12.1. The van der Waals surface area contributed by atoms with Gasteiger partial charge in [-0.1, -0.05) is 37.3 Å². The fourth-order valence-electron chi connectivity index (χ4n) is 1.92. The average molecular weight is 295 g/mol. The number of hydrogen-bond donors (Lipinski definition) is 1. The van der Waals surface area contributed by atoms with Crippen LogP contribution in [0.5, 0.6) is 0 Å². The third-order valence-electron chi connectivity index (χ3n) is 3.17. The molecule has 1 N–H and O–H groups in total. The van der Waals surface area contributed by atoms with E-state index in [1.807, 2.05) is 13.8 Å². The molecule has 1 atom stereocenters. The van der Waals surface area contributed by atoms with Crippen LogP contribution in [0.25, 0.3) is 0 Å². The van der Waals surface area contributed by atoms with E-state index in [9.17, 15) is 8.42 Å². The van der Waals surface area contributed by atoms with Gasteiger partial charge in [0.2, 0.25) is 10.0 Å². The lowest BCUT2D eigenvalue weighted by atomic mass is 10.2. The molecule has 5 heteroatoms. The summed E-state index contributed by atoms with van der Waals surface area (Å²) in [6.45, 7) is 3.62. The van der Waals surface area contributed by atoms with Gasteiger partial charge in [-0.15, -0.1) is 0 Å². The van der Waals surface area contributed by atoms with Crippen LogP contribution >= 0.6 is 0 Å². The molecule has 1 aromatic carbocycles. The Hall–Kier alpha value is -1.35. The lowest BCUT2D eigenvalue weighted by Gasteiger charge is -2.24. The largest absolute Gasteiger partial charge is 0.384 e. The molecule has 1 unspecified atom stereocenters. The first kappa shape index (κ1) is 16.7. The molecule has 4 nitrogen and oxygen atoms in total. The fourth-order valence-corrected chi connectivity index (χ4v) is 3.46. The SMILES string of the molecule is CCCC(C)N(C)S(=O)(=O)c1ccccc1C#CCO. The van der Waals surface area contributed by atoms with Crippen molar-refractivity contribution in [3.05, 3.63) is 29.8 Å². The molecule has 1 rings (SSSR count). The molecule has 20 heavy (non-hydrogen) atoms. The predicted molar refractivity (Wildman–Crippen MR) is 79.7 cm³/mol. The highest BCUT2D eigenvalue weighted by molar-refractivity contribution is 7.89. The first-order chi connectivity index (χ1) is 9.45. The summed E-state index contributed by atoms with van der Waals surface area (Å²) in [6, 6.07) is 6.54. The monoisotopic (exact) mass is 295 g/mol. The van der Waals surface area contributed by atoms with E-state index < -0.39 is 10.0 Å². The van der Waals surface area contributed by atoms with Gasteiger partial charge >= 0.3 is 0 Å². The number of aliphatic hydroxyl groups excluding tert-OH is 1. The Morgan fingerprint density at radius 3 is 2.60 bits per heavy atom. The van der Waals surface area contributed by atoms with Gasteiger partial charge in [-0.3, -0.25) is 0 Å². The molecular formula is C15H21NO3S. The highest BCUT2D eigenvalue weighted by atomic mass is 32.2. The van der Waals surface area contributed by atoms with Crippen LogP contribution in [0.3, 0.4) is 0 Å². The molecule has 0 saturated heterocycles. The van der Waals surface area contributed by atoms with Gasteiger partial charge in [-0.05, 0) is 25.5 Å². The second-order valence-electron chi connectivity index (χ2n) is 4.61. The Bertz CT molecular complexity index is 599. The van der Waals surface area contributed by atoms with E-state index in [2.05, 4.69) is 11.8 Å². The van der Waals surface area contributed by atoms with Crippen LogP contribution in [0.15, 0.2) is 29.2 Å². The number of benzene rings is 1. The molecule has 0 aliphatic heterocycles. The highest BCUT2D eigenvalue weighted by Gasteiger charge is 2.26. The van der Waals surface area contributed by atoms with Crippen LogP contribution in [0.4, 0.5) is 0 Å². The Kier molecular flexibility index (Phi) is 6.21. The van der Waals surface area contributed by atoms with E-state index in [1.165, 1.54) is 4.31 Å². The maximum absolute atomic E-state index is 12.6. The summed E-state index contributed by atoms with van der Waals surface area (Å²) < 4.78 is 26.6. The van der Waals surface area contributed by atoms with Gasteiger partial charge < -0.3 is 5.11 Å². The van der Waals surface area contributed by atoms with E-state index in [4.69, 9.17) is 5.11 Å². The Labute approximate surface area is 121 Å². The second kappa shape index (κ2) is 7.44. The van der Waals surface area contributed by atoms with E-state index in [1.54, 1.807) is 31.3 Å². The van der Waals surface area contributed by atoms with Gasteiger partial charge in [0.05, 0.1) is 4.90 Å². The summed E-state index contributed by atoms with van der Waals surface area (Å²) in [5, 5.41) is 8.76. The summed E-state index contributed by atoms with van der Waals surface area (Å²) in [5.74, 6) is 5.18. The predicted octanol–water partition coefficient (Wildman–Crippen LogP) is 1.84. The summed E-state index contributed by atoms with van der Waals surface area (Å²) >= 11 is 0. The van der Waals surface area contributed by atoms with E-state index in [-0.39, 0.29) is 17.5 Å². The quantitative estimate of drug-likeness (QED) is 0.843. The van der Waals surface area contributed by atoms with Crippen LogP contribution in [0, 0.1) is 11.8 Å². The summed E-state index contributed by atoms with van der Waals surface area (Å²) in [5.41, 5.74) is 0.414. The zero-order valence-corrected chi connectivity index (χ0v) is 12.9. The molecule has 110 valence electrons. The van der Waals surface area contributed by atoms with Crippen LogP contribution in [0.2, 0.25) is 0 Å². The Morgan fingerprint density at radius 1 is 1.35 bits per heavy atom. The van der Waals surface area contributed by atoms with Crippen molar-refractivity contribution in [2.45, 2.75) is 37.6 Å². The van der Waals surface area contributed by atoms with Gasteiger partial charge in [-0.25, -0.2) is 8.42 Å². The van der Waals surface area contributed by atoms with E-state index >= 15 is 0 Å². The van der Waals surface area contributed by atoms with E-state index in [0.29, 0.717) is 5.56 Å². The summed E-state index contributed by atoms with van der Waals surface area (Å²) in [6.07, 6.45) is 1.73. The second-order valence-corrected chi connectivity index (χ2v) is 6.58. The highest BCUT2D eigenvalue weighted by Crippen LogP contribution is 2.21. The molecular weight excluding hydrogens is 274 g/mol. The summed E-state index contributed by atoms with van der Waals surface area (Å²) in [7, 11) is -1.98. The van der Waals surface area contributed by atoms with Crippen molar-refractivity contribution in [1.82, 2.24) is 4.31 Å². The normalized spacial score (nSPS) is 12.8. The maximum Gasteiger partial charge on any atom is 0.244 e. The van der Waals surface area contributed by atoms with Crippen molar-refractivity contribution in [3.8, 4) is 11.8 Å². The number of nitrogens with zero attached hydrogens (tertiary/aromatic N) is 1. The van der Waals surface area contributed by atoms with Crippen molar-refractivity contribution < 1.29 is 13.5 Å². The lowest BCUT2D eigenvalue weighted by Crippen LogP contribution is -2.35. The van der Waals surface area contributed by atoms with Crippen LogP contribution < -0.4 is 0 Å². The Balaban J connectivity index is 3.22. The lowest BCUT2D eigenvalue weighted by molar-refractivity contribution is 0.350. The minimum absolute atomic E-state index is 0.0659. The molecule has 0 aliphatic rings. The van der Waals surface area contributed by atoms with E-state index in [0.717, 1.165) is 12.8 Å². The summed E-state index contributed by atoms with van der Waals surface area (Å²) in [4.78, 5) is 0.186. The van der Waals surface area contributed by atoms with Crippen molar-refractivity contribution in [2.24, 2.45) is 0 Å². The van der Waals surface area contributed by atoms with Gasteiger partial charge in [0.25, 0.3) is 0 Å². The minimum atomic E-state index is -3.57. The fraction of sp³-hybridized carbons (Fsp3) is 0.467. The molecule has 0 radical (unpaired) electrons. The molecule has 0 saturated carbocycles. The molecule has 0 spiro atoms. The first-order valence-electron chi connectivity index (χ1n) is 6.62. The van der Waals surface area contributed by atoms with Crippen molar-refractivity contribution in [1.29, 1.82) is 0 Å². The molecule has 1 aromatic rings. The first-order valence-corrected chi connectivity index (χ1v) is 8.06. The number of rotatable bonds is 5. The molecule has 0 heterocycles. The Morgan fingerprint density at radius 2 is 2.00 bits per heavy atom. The molecule has 0 bridgehead atoms. The smallest absolute Gasteiger partial charge is 0.244 e. The average Bonchev–Trinajstić information content (AvgIpc) is 2.44. The van der Waals surface area contributed by atoms with Crippen molar-refractivity contribution >= 4 is 10.0 Å². The third-order valence-corrected chi connectivity index (χ3v) is 5.20. The molecule has 0 fully saturated rings. The van der Waals surface area contributed by atoms with Crippen LogP contribution in [-0.2, 0) is 10.0 Å². The van der Waals surface area contributed by atoms with Gasteiger partial charge in [-0.2, -0.15) is 4.31 Å². The third kappa shape index (κ3) is 3.83. The van der Waals surface area contributed by atoms with Crippen molar-refractivity contribution in [2.75, 3.05) is 13.7 Å². The molecule has 0 aliphatic carbocycles. The maximum atomic E-state index is 12.6.